The van der Waals surface area contributed by atoms with E-state index in [1.54, 1.807) is 6.20 Å². The summed E-state index contributed by atoms with van der Waals surface area (Å²) in [6.45, 7) is 2.43. The number of nitrogens with zero attached hydrogens (tertiary/aromatic N) is 3. The molecular weight excluding hydrogens is 330 g/mol. The third-order valence-corrected chi connectivity index (χ3v) is 3.13. The maximum atomic E-state index is 12.1. The van der Waals surface area contributed by atoms with E-state index >= 15 is 0 Å². The van der Waals surface area contributed by atoms with Crippen molar-refractivity contribution < 1.29 is 14.3 Å². The van der Waals surface area contributed by atoms with E-state index in [2.05, 4.69) is 41.3 Å². The lowest BCUT2D eigenvalue weighted by Crippen LogP contribution is -2.15. The number of halogens is 1. The number of methoxy groups -OCH3 is 1. The molecule has 0 saturated heterocycles. The van der Waals surface area contributed by atoms with Crippen molar-refractivity contribution in [2.24, 2.45) is 0 Å². The van der Waals surface area contributed by atoms with Gasteiger partial charge in [-0.25, -0.2) is 4.79 Å². The number of anilines is 1. The molecule has 0 unspecified atom stereocenters. The van der Waals surface area contributed by atoms with Crippen molar-refractivity contribution in [2.45, 2.75) is 13.5 Å². The molecule has 1 amide bonds. The van der Waals surface area contributed by atoms with Crippen LogP contribution in [0.4, 0.5) is 5.69 Å². The van der Waals surface area contributed by atoms with Gasteiger partial charge >= 0.3 is 5.97 Å². The first kappa shape index (κ1) is 14.3. The Hall–Kier alpha value is -2.16. The molecule has 2 N–H and O–H groups in total. The van der Waals surface area contributed by atoms with E-state index in [4.69, 9.17) is 0 Å². The molecule has 2 rings (SSSR count). The highest BCUT2D eigenvalue weighted by atomic mass is 79.9. The number of ether oxygens (including phenoxy) is 1. The van der Waals surface area contributed by atoms with Crippen molar-refractivity contribution in [2.75, 3.05) is 12.4 Å². The Labute approximate surface area is 122 Å². The van der Waals surface area contributed by atoms with Gasteiger partial charge in [0, 0.05) is 12.7 Å². The van der Waals surface area contributed by atoms with E-state index in [0.717, 1.165) is 0 Å². The standard InChI is InChI=1S/C11H12BrN5O3/c1-3-17-5-7(9(16-17)11(19)20-2)14-10(18)8-6(12)4-13-15-8/h4-5H,3H2,1-2H3,(H,13,15)(H,14,18). The number of aryl methyl sites for hydroxylation is 1. The van der Waals surface area contributed by atoms with Crippen molar-refractivity contribution in [1.82, 2.24) is 20.0 Å². The molecule has 2 aromatic heterocycles. The van der Waals surface area contributed by atoms with Crippen molar-refractivity contribution in [3.63, 3.8) is 0 Å². The average molecular weight is 342 g/mol. The summed E-state index contributed by atoms with van der Waals surface area (Å²) >= 11 is 3.19. The van der Waals surface area contributed by atoms with E-state index < -0.39 is 11.9 Å². The van der Waals surface area contributed by atoms with Crippen molar-refractivity contribution in [3.8, 4) is 0 Å². The summed E-state index contributed by atoms with van der Waals surface area (Å²) in [6.07, 6.45) is 3.03. The van der Waals surface area contributed by atoms with Gasteiger partial charge in [0.05, 0.1) is 23.5 Å². The van der Waals surface area contributed by atoms with Gasteiger partial charge in [-0.05, 0) is 22.9 Å². The topological polar surface area (TPSA) is 102 Å². The molecule has 106 valence electrons. The summed E-state index contributed by atoms with van der Waals surface area (Å²) in [7, 11) is 1.25. The third kappa shape index (κ3) is 2.72. The number of aromatic nitrogens is 4. The highest BCUT2D eigenvalue weighted by Gasteiger charge is 2.21. The van der Waals surface area contributed by atoms with E-state index in [-0.39, 0.29) is 17.1 Å². The minimum Gasteiger partial charge on any atom is -0.464 e. The fourth-order valence-electron chi connectivity index (χ4n) is 1.54. The second-order valence-electron chi connectivity index (χ2n) is 3.79. The lowest BCUT2D eigenvalue weighted by Gasteiger charge is -2.02. The molecule has 8 nitrogen and oxygen atoms in total. The number of amides is 1. The predicted octanol–water partition coefficient (Wildman–Crippen LogP) is 1.43. The Morgan fingerprint density at radius 1 is 1.55 bits per heavy atom. The van der Waals surface area contributed by atoms with Gasteiger partial charge in [-0.15, -0.1) is 0 Å². The lowest BCUT2D eigenvalue weighted by molar-refractivity contribution is 0.0594. The molecule has 0 spiro atoms. The summed E-state index contributed by atoms with van der Waals surface area (Å²) in [6, 6.07) is 0. The predicted molar refractivity (Wildman–Crippen MR) is 73.5 cm³/mol. The largest absolute Gasteiger partial charge is 0.464 e. The fourth-order valence-corrected chi connectivity index (χ4v) is 1.91. The number of hydrogen-bond acceptors (Lipinski definition) is 5. The van der Waals surface area contributed by atoms with Gasteiger partial charge in [0.25, 0.3) is 5.91 Å². The molecule has 2 aromatic rings. The monoisotopic (exact) mass is 341 g/mol. The van der Waals surface area contributed by atoms with Gasteiger partial charge < -0.3 is 10.1 Å². The molecule has 0 aliphatic heterocycles. The van der Waals surface area contributed by atoms with Crippen LogP contribution in [0.15, 0.2) is 16.9 Å². The fraction of sp³-hybridized carbons (Fsp3) is 0.273. The van der Waals surface area contributed by atoms with Crippen molar-refractivity contribution in [3.05, 3.63) is 28.3 Å². The van der Waals surface area contributed by atoms with Gasteiger partial charge in [-0.3, -0.25) is 14.6 Å². The molecule has 2 heterocycles. The van der Waals surface area contributed by atoms with E-state index in [1.807, 2.05) is 6.92 Å². The van der Waals surface area contributed by atoms with Gasteiger partial charge in [0.15, 0.2) is 5.69 Å². The second-order valence-corrected chi connectivity index (χ2v) is 4.64. The zero-order chi connectivity index (χ0) is 14.7. The molecule has 0 radical (unpaired) electrons. The third-order valence-electron chi connectivity index (χ3n) is 2.53. The first-order valence-electron chi connectivity index (χ1n) is 5.72. The molecule has 9 heteroatoms. The summed E-state index contributed by atoms with van der Waals surface area (Å²) in [5.41, 5.74) is 0.591. The SMILES string of the molecule is CCn1cc(NC(=O)c2[nH]ncc2Br)c(C(=O)OC)n1. The minimum absolute atomic E-state index is 0.0540. The molecule has 0 bridgehead atoms. The Balaban J connectivity index is 2.29. The first-order valence-corrected chi connectivity index (χ1v) is 6.52. The van der Waals surface area contributed by atoms with Crippen LogP contribution in [-0.2, 0) is 11.3 Å². The van der Waals surface area contributed by atoms with Crippen LogP contribution in [-0.4, -0.2) is 39.0 Å². The van der Waals surface area contributed by atoms with E-state index in [1.165, 1.54) is 18.0 Å². The van der Waals surface area contributed by atoms with Gasteiger partial charge in [-0.1, -0.05) is 0 Å². The van der Waals surface area contributed by atoms with Crippen LogP contribution >= 0.6 is 15.9 Å². The Bertz CT molecular complexity index is 648. The Morgan fingerprint density at radius 3 is 2.85 bits per heavy atom. The van der Waals surface area contributed by atoms with Crippen LogP contribution in [0.2, 0.25) is 0 Å². The highest BCUT2D eigenvalue weighted by molar-refractivity contribution is 9.10. The molecule has 0 saturated carbocycles. The number of nitrogens with one attached hydrogen (secondary N) is 2. The molecule has 20 heavy (non-hydrogen) atoms. The number of carbonyl (C=O) groups is 2. The zero-order valence-electron chi connectivity index (χ0n) is 10.8. The van der Waals surface area contributed by atoms with Gasteiger partial charge in [0.2, 0.25) is 0 Å². The van der Waals surface area contributed by atoms with Gasteiger partial charge in [-0.2, -0.15) is 10.2 Å². The minimum atomic E-state index is -0.615. The van der Waals surface area contributed by atoms with Gasteiger partial charge in [0.1, 0.15) is 5.69 Å². The van der Waals surface area contributed by atoms with Crippen molar-refractivity contribution >= 4 is 33.5 Å². The van der Waals surface area contributed by atoms with Crippen LogP contribution in [0.3, 0.4) is 0 Å². The maximum absolute atomic E-state index is 12.1. The smallest absolute Gasteiger partial charge is 0.360 e. The first-order chi connectivity index (χ1) is 9.56. The van der Waals surface area contributed by atoms with Crippen LogP contribution in [0.25, 0.3) is 0 Å². The number of rotatable bonds is 4. The molecular formula is C11H12BrN5O3. The Morgan fingerprint density at radius 2 is 2.30 bits per heavy atom. The normalized spacial score (nSPS) is 10.3. The summed E-state index contributed by atoms with van der Waals surface area (Å²) in [5.74, 6) is -1.05. The van der Waals surface area contributed by atoms with E-state index in [0.29, 0.717) is 11.0 Å². The lowest BCUT2D eigenvalue weighted by atomic mass is 10.3. The second kappa shape index (κ2) is 5.87. The number of hydrogen-bond donors (Lipinski definition) is 2. The quantitative estimate of drug-likeness (QED) is 0.819. The molecule has 0 aromatic carbocycles. The van der Waals surface area contributed by atoms with Crippen LogP contribution < -0.4 is 5.32 Å². The van der Waals surface area contributed by atoms with E-state index in [9.17, 15) is 9.59 Å². The zero-order valence-corrected chi connectivity index (χ0v) is 12.4. The van der Waals surface area contributed by atoms with Crippen LogP contribution in [0, 0.1) is 0 Å². The molecule has 0 fully saturated rings. The molecule has 0 atom stereocenters. The maximum Gasteiger partial charge on any atom is 0.360 e. The molecule has 0 aliphatic rings. The summed E-state index contributed by atoms with van der Waals surface area (Å²) in [5, 5.41) is 12.9. The number of carbonyl (C=O) groups excluding carboxylic acids is 2. The Kier molecular flexibility index (Phi) is 4.18. The average Bonchev–Trinajstić information content (AvgIpc) is 3.04. The number of esters is 1. The molecule has 0 aliphatic carbocycles. The van der Waals surface area contributed by atoms with Crippen LogP contribution in [0.5, 0.6) is 0 Å². The van der Waals surface area contributed by atoms with Crippen molar-refractivity contribution in [1.29, 1.82) is 0 Å². The summed E-state index contributed by atoms with van der Waals surface area (Å²) < 4.78 is 6.69. The number of H-pyrrole nitrogens is 1. The highest BCUT2D eigenvalue weighted by Crippen LogP contribution is 2.18. The summed E-state index contributed by atoms with van der Waals surface area (Å²) in [4.78, 5) is 23.7. The van der Waals surface area contributed by atoms with Crippen LogP contribution in [0.1, 0.15) is 27.9 Å². The number of aromatic amines is 1.